The van der Waals surface area contributed by atoms with Crippen molar-refractivity contribution in [3.8, 4) is 0 Å². The number of carbonyl (C=O) groups is 3. The molecule has 1 saturated heterocycles. The number of rotatable bonds is 2. The summed E-state index contributed by atoms with van der Waals surface area (Å²) in [5.74, 6) is -1.31. The summed E-state index contributed by atoms with van der Waals surface area (Å²) in [5.41, 5.74) is 3.05. The fraction of sp³-hybridized carbons (Fsp3) is 0.227. The van der Waals surface area contributed by atoms with Gasteiger partial charge in [-0.1, -0.05) is 63.2 Å². The van der Waals surface area contributed by atoms with Crippen LogP contribution in [0.1, 0.15) is 37.5 Å². The second kappa shape index (κ2) is 6.83. The van der Waals surface area contributed by atoms with Crippen LogP contribution in [-0.2, 0) is 15.0 Å². The van der Waals surface area contributed by atoms with E-state index in [0.717, 1.165) is 21.6 Å². The van der Waals surface area contributed by atoms with E-state index in [0.29, 0.717) is 5.69 Å². The summed E-state index contributed by atoms with van der Waals surface area (Å²) in [7, 11) is 0. The van der Waals surface area contributed by atoms with Crippen LogP contribution in [0.5, 0.6) is 0 Å². The Morgan fingerprint density at radius 1 is 0.926 bits per heavy atom. The van der Waals surface area contributed by atoms with Crippen molar-refractivity contribution < 1.29 is 14.4 Å². The second-order valence-electron chi connectivity index (χ2n) is 7.62. The van der Waals surface area contributed by atoms with Gasteiger partial charge >= 0.3 is 6.03 Å². The fourth-order valence-electron chi connectivity index (χ4n) is 2.94. The second-order valence-corrected chi connectivity index (χ2v) is 7.62. The smallest absolute Gasteiger partial charge is 0.273 e. The zero-order valence-electron chi connectivity index (χ0n) is 15.9. The van der Waals surface area contributed by atoms with Gasteiger partial charge in [0.15, 0.2) is 0 Å². The van der Waals surface area contributed by atoms with Crippen molar-refractivity contribution in [3.63, 3.8) is 0 Å². The van der Waals surface area contributed by atoms with E-state index >= 15 is 0 Å². The first-order valence-corrected chi connectivity index (χ1v) is 8.76. The Kier molecular flexibility index (Phi) is 4.70. The number of carbonyl (C=O) groups excluding carboxylic acids is 3. The number of imide groups is 2. The number of nitrogens with one attached hydrogen (secondary N) is 1. The number of nitrogens with zero attached hydrogens (tertiary/aromatic N) is 1. The molecule has 1 aliphatic heterocycles. The summed E-state index contributed by atoms with van der Waals surface area (Å²) in [6.07, 6.45) is 1.52. The molecule has 0 bridgehead atoms. The van der Waals surface area contributed by atoms with Crippen LogP contribution < -0.4 is 10.2 Å². The topological polar surface area (TPSA) is 66.5 Å². The normalized spacial score (nSPS) is 16.7. The maximum Gasteiger partial charge on any atom is 0.335 e. The van der Waals surface area contributed by atoms with Crippen molar-refractivity contribution in [2.24, 2.45) is 0 Å². The minimum absolute atomic E-state index is 0.0117. The molecule has 4 amide bonds. The van der Waals surface area contributed by atoms with E-state index in [-0.39, 0.29) is 11.0 Å². The van der Waals surface area contributed by atoms with Crippen molar-refractivity contribution in [2.45, 2.75) is 33.1 Å². The molecule has 1 fully saturated rings. The van der Waals surface area contributed by atoms with Gasteiger partial charge in [0.2, 0.25) is 0 Å². The molecule has 27 heavy (non-hydrogen) atoms. The van der Waals surface area contributed by atoms with E-state index in [9.17, 15) is 14.4 Å². The number of para-hydroxylation sites is 1. The van der Waals surface area contributed by atoms with E-state index in [4.69, 9.17) is 0 Å². The molecule has 1 aliphatic rings. The highest BCUT2D eigenvalue weighted by molar-refractivity contribution is 6.39. The predicted octanol–water partition coefficient (Wildman–Crippen LogP) is 3.96. The van der Waals surface area contributed by atoms with Crippen LogP contribution in [0, 0.1) is 6.92 Å². The first-order valence-electron chi connectivity index (χ1n) is 8.76. The van der Waals surface area contributed by atoms with Crippen molar-refractivity contribution in [1.82, 2.24) is 5.32 Å². The molecule has 0 saturated carbocycles. The number of hydrogen-bond donors (Lipinski definition) is 1. The highest BCUT2D eigenvalue weighted by Gasteiger charge is 2.37. The molecular weight excluding hydrogens is 340 g/mol. The third kappa shape index (κ3) is 3.67. The quantitative estimate of drug-likeness (QED) is 0.650. The zero-order chi connectivity index (χ0) is 19.8. The summed E-state index contributed by atoms with van der Waals surface area (Å²) in [4.78, 5) is 38.4. The molecule has 5 heteroatoms. The van der Waals surface area contributed by atoms with Crippen molar-refractivity contribution >= 4 is 29.6 Å². The molecule has 0 aromatic heterocycles. The Balaban J connectivity index is 1.98. The third-order valence-corrected chi connectivity index (χ3v) is 4.55. The van der Waals surface area contributed by atoms with E-state index in [1.54, 1.807) is 25.1 Å². The molecule has 0 aliphatic carbocycles. The van der Waals surface area contributed by atoms with Gasteiger partial charge in [-0.05, 0) is 41.2 Å². The van der Waals surface area contributed by atoms with Gasteiger partial charge in [0.05, 0.1) is 5.69 Å². The highest BCUT2D eigenvalue weighted by atomic mass is 16.2. The number of anilines is 1. The Labute approximate surface area is 158 Å². The van der Waals surface area contributed by atoms with E-state index in [1.165, 1.54) is 6.08 Å². The fourth-order valence-corrected chi connectivity index (χ4v) is 2.94. The van der Waals surface area contributed by atoms with Gasteiger partial charge in [-0.3, -0.25) is 14.9 Å². The summed E-state index contributed by atoms with van der Waals surface area (Å²) < 4.78 is 0. The minimum Gasteiger partial charge on any atom is -0.273 e. The maximum atomic E-state index is 12.9. The molecule has 2 aromatic rings. The molecule has 5 nitrogen and oxygen atoms in total. The van der Waals surface area contributed by atoms with Crippen molar-refractivity contribution in [3.05, 3.63) is 70.8 Å². The number of hydrogen-bond acceptors (Lipinski definition) is 3. The van der Waals surface area contributed by atoms with Crippen LogP contribution in [0.2, 0.25) is 0 Å². The third-order valence-electron chi connectivity index (χ3n) is 4.55. The first kappa shape index (κ1) is 18.6. The predicted molar refractivity (Wildman–Crippen MR) is 105 cm³/mol. The zero-order valence-corrected chi connectivity index (χ0v) is 15.9. The molecule has 0 radical (unpaired) electrons. The van der Waals surface area contributed by atoms with Crippen LogP contribution in [0.4, 0.5) is 10.5 Å². The highest BCUT2D eigenvalue weighted by Crippen LogP contribution is 2.26. The molecule has 0 unspecified atom stereocenters. The average molecular weight is 362 g/mol. The van der Waals surface area contributed by atoms with Gasteiger partial charge in [0.25, 0.3) is 11.8 Å². The standard InChI is InChI=1S/C22H22N2O3/c1-14-7-5-6-8-18(14)24-20(26)17(19(25)23-21(24)27)13-15-9-11-16(12-10-15)22(2,3)4/h5-13H,1-4H3,(H,23,25,27)/b17-13+. The van der Waals surface area contributed by atoms with Crippen molar-refractivity contribution in [1.29, 1.82) is 0 Å². The Hall–Kier alpha value is -3.21. The molecular formula is C22H22N2O3. The minimum atomic E-state index is -0.737. The van der Waals surface area contributed by atoms with E-state index in [1.807, 2.05) is 30.3 Å². The maximum absolute atomic E-state index is 12.9. The SMILES string of the molecule is Cc1ccccc1N1C(=O)NC(=O)/C(=C\c2ccc(C(C)(C)C)cc2)C1=O. The van der Waals surface area contributed by atoms with Crippen LogP contribution >= 0.6 is 0 Å². The molecule has 2 aromatic carbocycles. The molecule has 1 heterocycles. The summed E-state index contributed by atoms with van der Waals surface area (Å²) >= 11 is 0. The van der Waals surface area contributed by atoms with Crippen LogP contribution in [0.3, 0.4) is 0 Å². The molecule has 138 valence electrons. The van der Waals surface area contributed by atoms with Gasteiger partial charge in [-0.15, -0.1) is 0 Å². The summed E-state index contributed by atoms with van der Waals surface area (Å²) in [6.45, 7) is 8.15. The summed E-state index contributed by atoms with van der Waals surface area (Å²) in [6, 6.07) is 14.0. The molecule has 0 atom stereocenters. The number of amides is 4. The lowest BCUT2D eigenvalue weighted by Crippen LogP contribution is -2.54. The van der Waals surface area contributed by atoms with Crippen LogP contribution in [-0.4, -0.2) is 17.8 Å². The van der Waals surface area contributed by atoms with E-state index in [2.05, 4.69) is 26.1 Å². The average Bonchev–Trinajstić information content (AvgIpc) is 2.60. The Bertz CT molecular complexity index is 950. The van der Waals surface area contributed by atoms with E-state index < -0.39 is 17.8 Å². The first-order chi connectivity index (χ1) is 12.7. The largest absolute Gasteiger partial charge is 0.335 e. The van der Waals surface area contributed by atoms with Crippen molar-refractivity contribution in [2.75, 3.05) is 4.90 Å². The van der Waals surface area contributed by atoms with Gasteiger partial charge < -0.3 is 0 Å². The Morgan fingerprint density at radius 2 is 1.56 bits per heavy atom. The van der Waals surface area contributed by atoms with Crippen LogP contribution in [0.15, 0.2) is 54.1 Å². The summed E-state index contributed by atoms with van der Waals surface area (Å²) in [5, 5.41) is 2.25. The molecule has 1 N–H and O–H groups in total. The number of barbiturate groups is 1. The number of benzene rings is 2. The molecule has 3 rings (SSSR count). The van der Waals surface area contributed by atoms with Gasteiger partial charge in [0.1, 0.15) is 5.57 Å². The molecule has 0 spiro atoms. The van der Waals surface area contributed by atoms with Crippen LogP contribution in [0.25, 0.3) is 6.08 Å². The number of urea groups is 1. The van der Waals surface area contributed by atoms with Gasteiger partial charge in [0, 0.05) is 0 Å². The van der Waals surface area contributed by atoms with Gasteiger partial charge in [-0.25, -0.2) is 9.69 Å². The lowest BCUT2D eigenvalue weighted by atomic mass is 9.86. The lowest BCUT2D eigenvalue weighted by Gasteiger charge is -2.27. The monoisotopic (exact) mass is 362 g/mol. The number of aryl methyl sites for hydroxylation is 1. The van der Waals surface area contributed by atoms with Gasteiger partial charge in [-0.2, -0.15) is 0 Å². The Morgan fingerprint density at radius 3 is 2.15 bits per heavy atom. The lowest BCUT2D eigenvalue weighted by molar-refractivity contribution is -0.122.